The predicted molar refractivity (Wildman–Crippen MR) is 96.7 cm³/mol. The summed E-state index contributed by atoms with van der Waals surface area (Å²) in [5.41, 5.74) is 0.526. The Kier molecular flexibility index (Phi) is 5.32. The van der Waals surface area contributed by atoms with Gasteiger partial charge < -0.3 is 10.1 Å². The molecule has 2 atom stereocenters. The smallest absolute Gasteiger partial charge is 0.408 e. The second-order valence-electron chi connectivity index (χ2n) is 7.97. The van der Waals surface area contributed by atoms with Crippen LogP contribution in [0.4, 0.5) is 13.6 Å². The van der Waals surface area contributed by atoms with Crippen LogP contribution in [0.1, 0.15) is 57.2 Å². The number of benzene rings is 1. The number of carbonyl (C=O) groups is 1. The van der Waals surface area contributed by atoms with Gasteiger partial charge in [0.05, 0.1) is 12.1 Å². The van der Waals surface area contributed by atoms with Crippen molar-refractivity contribution in [2.75, 3.05) is 13.1 Å². The number of halogens is 2. The molecule has 0 radical (unpaired) electrons. The van der Waals surface area contributed by atoms with Crippen LogP contribution >= 0.6 is 0 Å². The number of ether oxygens (including phenoxy) is 1. The van der Waals surface area contributed by atoms with Crippen LogP contribution in [0.5, 0.6) is 0 Å². The average molecular weight is 364 g/mol. The highest BCUT2D eigenvalue weighted by atomic mass is 19.2. The highest BCUT2D eigenvalue weighted by molar-refractivity contribution is 5.70. The molecular weight excluding hydrogens is 338 g/mol. The minimum Gasteiger partial charge on any atom is -0.444 e. The molecule has 2 aliphatic rings. The van der Waals surface area contributed by atoms with E-state index in [2.05, 4.69) is 10.2 Å². The van der Waals surface area contributed by atoms with Gasteiger partial charge >= 0.3 is 6.09 Å². The maximum Gasteiger partial charge on any atom is 0.408 e. The molecular formula is C20H26F2N2O2. The van der Waals surface area contributed by atoms with Crippen molar-refractivity contribution in [3.63, 3.8) is 0 Å². The van der Waals surface area contributed by atoms with E-state index in [1.54, 1.807) is 20.8 Å². The standard InChI is InChI=1S/C20H26F2N2O2/c1-20(2,3)26-19(25)23-18-14-12-16(22)15(21)11-13(14)7-8-17(18)24-9-5-4-6-10-24/h7-8,11-12,17-18H,4-6,9-10H2,1-3H3,(H,23,25)/t17-,18-/m0/s1. The lowest BCUT2D eigenvalue weighted by Gasteiger charge is -2.40. The van der Waals surface area contributed by atoms with E-state index in [1.807, 2.05) is 12.2 Å². The first-order valence-corrected chi connectivity index (χ1v) is 9.15. The maximum atomic E-state index is 13.9. The summed E-state index contributed by atoms with van der Waals surface area (Å²) in [6.45, 7) is 7.20. The molecule has 0 aromatic heterocycles. The van der Waals surface area contributed by atoms with Crippen molar-refractivity contribution >= 4 is 12.2 Å². The number of hydrogen-bond donors (Lipinski definition) is 1. The number of alkyl carbamates (subject to hydrolysis) is 1. The highest BCUT2D eigenvalue weighted by Crippen LogP contribution is 2.34. The van der Waals surface area contributed by atoms with Crippen molar-refractivity contribution in [1.29, 1.82) is 0 Å². The number of hydrogen-bond acceptors (Lipinski definition) is 3. The van der Waals surface area contributed by atoms with Crippen LogP contribution in [0.15, 0.2) is 18.2 Å². The van der Waals surface area contributed by atoms with Crippen LogP contribution in [-0.4, -0.2) is 35.7 Å². The monoisotopic (exact) mass is 364 g/mol. The van der Waals surface area contributed by atoms with Gasteiger partial charge in [-0.25, -0.2) is 13.6 Å². The highest BCUT2D eigenvalue weighted by Gasteiger charge is 2.34. The van der Waals surface area contributed by atoms with E-state index in [-0.39, 0.29) is 6.04 Å². The molecule has 1 N–H and O–H groups in total. The molecule has 1 heterocycles. The lowest BCUT2D eigenvalue weighted by Crippen LogP contribution is -2.49. The summed E-state index contributed by atoms with van der Waals surface area (Å²) in [5.74, 6) is -1.80. The minimum atomic E-state index is -0.910. The molecule has 1 fully saturated rings. The number of nitrogens with one attached hydrogen (secondary N) is 1. The summed E-state index contributed by atoms with van der Waals surface area (Å²) in [6.07, 6.45) is 6.59. The van der Waals surface area contributed by atoms with E-state index in [0.29, 0.717) is 11.1 Å². The Balaban J connectivity index is 1.91. The van der Waals surface area contributed by atoms with Crippen molar-refractivity contribution in [2.24, 2.45) is 0 Å². The molecule has 1 saturated heterocycles. The Bertz CT molecular complexity index is 706. The van der Waals surface area contributed by atoms with E-state index in [0.717, 1.165) is 25.9 Å². The molecule has 142 valence electrons. The van der Waals surface area contributed by atoms with Crippen molar-refractivity contribution < 1.29 is 18.3 Å². The summed E-state index contributed by atoms with van der Waals surface area (Å²) < 4.78 is 32.9. The van der Waals surface area contributed by atoms with Crippen molar-refractivity contribution in [3.05, 3.63) is 41.0 Å². The number of likely N-dealkylation sites (tertiary alicyclic amines) is 1. The molecule has 0 bridgehead atoms. The van der Waals surface area contributed by atoms with Gasteiger partial charge in [0.2, 0.25) is 0 Å². The number of carbonyl (C=O) groups excluding carboxylic acids is 1. The molecule has 1 amide bonds. The second kappa shape index (κ2) is 7.35. The largest absolute Gasteiger partial charge is 0.444 e. The first-order chi connectivity index (χ1) is 12.2. The number of nitrogens with zero attached hydrogens (tertiary/aromatic N) is 1. The molecule has 1 aromatic rings. The second-order valence-corrected chi connectivity index (χ2v) is 7.97. The molecule has 6 heteroatoms. The third-order valence-corrected chi connectivity index (χ3v) is 4.76. The summed E-state index contributed by atoms with van der Waals surface area (Å²) in [6, 6.07) is 1.77. The Morgan fingerprint density at radius 2 is 1.81 bits per heavy atom. The summed E-state index contributed by atoms with van der Waals surface area (Å²) in [4.78, 5) is 14.7. The van der Waals surface area contributed by atoms with Crippen molar-refractivity contribution in [2.45, 2.75) is 57.7 Å². The van der Waals surface area contributed by atoms with Crippen LogP contribution in [0.2, 0.25) is 0 Å². The zero-order valence-electron chi connectivity index (χ0n) is 15.5. The maximum absolute atomic E-state index is 13.9. The summed E-state index contributed by atoms with van der Waals surface area (Å²) in [5, 5.41) is 2.88. The number of rotatable bonds is 2. The SMILES string of the molecule is CC(C)(C)OC(=O)N[C@H]1c2cc(F)c(F)cc2C=C[C@@H]1N1CCCCC1. The van der Waals surface area contributed by atoms with Crippen LogP contribution in [-0.2, 0) is 4.74 Å². The Morgan fingerprint density at radius 1 is 1.15 bits per heavy atom. The molecule has 1 aromatic carbocycles. The van der Waals surface area contributed by atoms with Gasteiger partial charge in [0.15, 0.2) is 11.6 Å². The lowest BCUT2D eigenvalue weighted by atomic mass is 9.87. The van der Waals surface area contributed by atoms with Crippen molar-refractivity contribution in [1.82, 2.24) is 10.2 Å². The Morgan fingerprint density at radius 3 is 2.46 bits per heavy atom. The number of fused-ring (bicyclic) bond motifs is 1. The average Bonchev–Trinajstić information content (AvgIpc) is 2.56. The minimum absolute atomic E-state index is 0.111. The Labute approximate surface area is 153 Å². The zero-order chi connectivity index (χ0) is 18.9. The number of piperidine rings is 1. The third-order valence-electron chi connectivity index (χ3n) is 4.76. The van der Waals surface area contributed by atoms with Gasteiger partial charge in [-0.1, -0.05) is 18.6 Å². The van der Waals surface area contributed by atoms with E-state index in [1.165, 1.54) is 18.6 Å². The van der Waals surface area contributed by atoms with Crippen LogP contribution in [0.25, 0.3) is 6.08 Å². The predicted octanol–water partition coefficient (Wildman–Crippen LogP) is 4.41. The van der Waals surface area contributed by atoms with Gasteiger partial charge in [-0.3, -0.25) is 4.90 Å². The summed E-state index contributed by atoms with van der Waals surface area (Å²) in [7, 11) is 0. The van der Waals surface area contributed by atoms with Gasteiger partial charge in [0.25, 0.3) is 0 Å². The quantitative estimate of drug-likeness (QED) is 0.845. The van der Waals surface area contributed by atoms with Crippen molar-refractivity contribution in [3.8, 4) is 0 Å². The first kappa shape index (κ1) is 18.8. The Hall–Kier alpha value is -1.95. The van der Waals surface area contributed by atoms with Gasteiger partial charge in [-0.05, 0) is 70.0 Å². The van der Waals surface area contributed by atoms with Gasteiger partial charge in [-0.2, -0.15) is 0 Å². The van der Waals surface area contributed by atoms with Gasteiger partial charge in [-0.15, -0.1) is 0 Å². The molecule has 0 unspecified atom stereocenters. The molecule has 1 aliphatic heterocycles. The first-order valence-electron chi connectivity index (χ1n) is 9.15. The molecule has 3 rings (SSSR count). The van der Waals surface area contributed by atoms with Gasteiger partial charge in [0, 0.05) is 0 Å². The fourth-order valence-corrected chi connectivity index (χ4v) is 3.64. The zero-order valence-corrected chi connectivity index (χ0v) is 15.5. The molecule has 0 spiro atoms. The van der Waals surface area contributed by atoms with Crippen LogP contribution < -0.4 is 5.32 Å². The normalized spacial score (nSPS) is 23.4. The van der Waals surface area contributed by atoms with Crippen LogP contribution in [0.3, 0.4) is 0 Å². The van der Waals surface area contributed by atoms with Crippen LogP contribution in [0, 0.1) is 11.6 Å². The summed E-state index contributed by atoms with van der Waals surface area (Å²) >= 11 is 0. The lowest BCUT2D eigenvalue weighted by molar-refractivity contribution is 0.0465. The van der Waals surface area contributed by atoms with E-state index >= 15 is 0 Å². The topological polar surface area (TPSA) is 41.6 Å². The molecule has 26 heavy (non-hydrogen) atoms. The van der Waals surface area contributed by atoms with E-state index < -0.39 is 29.4 Å². The fraction of sp³-hybridized carbons (Fsp3) is 0.550. The molecule has 4 nitrogen and oxygen atoms in total. The fourth-order valence-electron chi connectivity index (χ4n) is 3.64. The molecule has 1 aliphatic carbocycles. The van der Waals surface area contributed by atoms with E-state index in [9.17, 15) is 13.6 Å². The van der Waals surface area contributed by atoms with Gasteiger partial charge in [0.1, 0.15) is 5.60 Å². The molecule has 0 saturated carbocycles. The number of amides is 1. The third kappa shape index (κ3) is 4.23. The van der Waals surface area contributed by atoms with E-state index in [4.69, 9.17) is 4.74 Å².